The van der Waals surface area contributed by atoms with Gasteiger partial charge in [-0.2, -0.15) is 0 Å². The van der Waals surface area contributed by atoms with Crippen LogP contribution in [0.5, 0.6) is 0 Å². The van der Waals surface area contributed by atoms with Gasteiger partial charge < -0.3 is 14.0 Å². The Morgan fingerprint density at radius 2 is 1.47 bits per heavy atom. The Hall–Kier alpha value is -0.710. The molecule has 0 amide bonds. The van der Waals surface area contributed by atoms with Gasteiger partial charge in [0.1, 0.15) is 0 Å². The molecule has 1 fully saturated rings. The summed E-state index contributed by atoms with van der Waals surface area (Å²) in [4.78, 5) is 2.48. The number of hydrogen-bond acceptors (Lipinski definition) is 4. The van der Waals surface area contributed by atoms with Crippen molar-refractivity contribution in [3.8, 4) is 0 Å². The number of nitrogens with zero attached hydrogens (tertiary/aromatic N) is 1. The Morgan fingerprint density at radius 1 is 0.933 bits per heavy atom. The fraction of sp³-hybridized carbons (Fsp3) is 0.455. The van der Waals surface area contributed by atoms with Gasteiger partial charge in [-0.05, 0) is 31.4 Å². The van der Waals surface area contributed by atoms with Crippen LogP contribution in [0, 0.1) is 0 Å². The van der Waals surface area contributed by atoms with Crippen LogP contribution in [0.25, 0.3) is 0 Å². The fourth-order valence-corrected chi connectivity index (χ4v) is 1.79. The maximum Gasteiger partial charge on any atom is 0.152 e. The highest BCUT2D eigenvalue weighted by Crippen LogP contribution is 2.18. The molecular weight excluding hydrogens is 210 g/mol. The largest absolute Gasteiger partial charge is 0.372 e. The number of rotatable bonds is 1. The van der Waals surface area contributed by atoms with E-state index < -0.39 is 0 Å². The summed E-state index contributed by atoms with van der Waals surface area (Å²) in [5.41, 5.74) is 1.39. The van der Waals surface area contributed by atoms with Crippen LogP contribution in [0.3, 0.4) is 0 Å². The Morgan fingerprint density at radius 3 is 2.00 bits per heavy atom. The third-order valence-corrected chi connectivity index (χ3v) is 2.48. The van der Waals surface area contributed by atoms with E-state index in [1.807, 2.05) is 0 Å². The highest BCUT2D eigenvalue weighted by Gasteiger charge is 2.09. The summed E-state index contributed by atoms with van der Waals surface area (Å²) in [6.45, 7) is 2.48. The van der Waals surface area contributed by atoms with Crippen LogP contribution in [-0.2, 0) is 0 Å². The van der Waals surface area contributed by atoms with Crippen LogP contribution in [0.1, 0.15) is 19.3 Å². The molecular formula is C11H17NO2S. The molecule has 1 aliphatic heterocycles. The van der Waals surface area contributed by atoms with Crippen LogP contribution in [-0.4, -0.2) is 22.2 Å². The monoisotopic (exact) mass is 227 g/mol. The first-order chi connectivity index (χ1) is 7.38. The van der Waals surface area contributed by atoms with Gasteiger partial charge in [0.15, 0.2) is 12.3 Å². The first-order valence-electron chi connectivity index (χ1n) is 5.13. The van der Waals surface area contributed by atoms with Crippen LogP contribution in [0.2, 0.25) is 0 Å². The minimum atomic E-state index is -0.250. The summed E-state index contributed by atoms with van der Waals surface area (Å²) in [5.74, 6) is 0. The molecule has 1 heterocycles. The quantitative estimate of drug-likeness (QED) is 0.722. The fourth-order valence-electron chi connectivity index (χ4n) is 1.79. The summed E-state index contributed by atoms with van der Waals surface area (Å²) >= 11 is -0.250. The maximum atomic E-state index is 7.04. The number of anilines is 1. The Balaban J connectivity index is 0.000000337. The van der Waals surface area contributed by atoms with Crippen molar-refractivity contribution < 1.29 is 9.11 Å². The summed E-state index contributed by atoms with van der Waals surface area (Å²) in [5, 5.41) is 0. The highest BCUT2D eigenvalue weighted by molar-refractivity contribution is 7.87. The normalized spacial score (nSPS) is 15.5. The molecule has 1 aromatic carbocycles. The molecule has 15 heavy (non-hydrogen) atoms. The van der Waals surface area contributed by atoms with Gasteiger partial charge in [0.2, 0.25) is 0 Å². The van der Waals surface area contributed by atoms with E-state index in [1.165, 1.54) is 38.0 Å². The molecule has 0 spiro atoms. The predicted molar refractivity (Wildman–Crippen MR) is 65.4 cm³/mol. The van der Waals surface area contributed by atoms with Gasteiger partial charge in [-0.25, -0.2) is 0 Å². The average Bonchev–Trinajstić information content (AvgIpc) is 2.32. The van der Waals surface area contributed by atoms with Gasteiger partial charge in [-0.3, -0.25) is 0 Å². The molecule has 0 saturated carbocycles. The van der Waals surface area contributed by atoms with Crippen molar-refractivity contribution in [2.45, 2.75) is 19.3 Å². The van der Waals surface area contributed by atoms with Crippen LogP contribution >= 0.6 is 12.3 Å². The lowest BCUT2D eigenvalue weighted by molar-refractivity contribution is 0.541. The second-order valence-corrected chi connectivity index (χ2v) is 3.63. The molecule has 1 aromatic rings. The van der Waals surface area contributed by atoms with Gasteiger partial charge in [0, 0.05) is 18.8 Å². The molecule has 1 aliphatic rings. The molecule has 0 atom stereocenters. The molecule has 3 nitrogen and oxygen atoms in total. The number of benzene rings is 1. The lowest BCUT2D eigenvalue weighted by Gasteiger charge is -2.28. The van der Waals surface area contributed by atoms with Gasteiger partial charge in [-0.1, -0.05) is 18.2 Å². The molecule has 0 aromatic heterocycles. The molecule has 4 heteroatoms. The molecule has 0 bridgehead atoms. The van der Waals surface area contributed by atoms with E-state index >= 15 is 0 Å². The highest BCUT2D eigenvalue weighted by atomic mass is 32.2. The van der Waals surface area contributed by atoms with E-state index in [0.717, 1.165) is 0 Å². The van der Waals surface area contributed by atoms with Crippen molar-refractivity contribution in [3.05, 3.63) is 30.3 Å². The van der Waals surface area contributed by atoms with Crippen LogP contribution < -0.4 is 4.90 Å². The first-order valence-corrected chi connectivity index (χ1v) is 5.86. The number of piperidine rings is 1. The minimum Gasteiger partial charge on any atom is -0.372 e. The Kier molecular flexibility index (Phi) is 6.23. The first kappa shape index (κ1) is 12.4. The number of hydrogen-bond donors (Lipinski definition) is 2. The van der Waals surface area contributed by atoms with Gasteiger partial charge in [-0.15, -0.1) is 0 Å². The standard InChI is InChI=1S/C11H15N.H2O2S/c1-3-7-11(8-4-1)12-9-5-2-6-10-12;1-3-2/h1,3-4,7-8H,2,5-6,9-10H2;1-2H. The third-order valence-electron chi connectivity index (χ3n) is 2.48. The van der Waals surface area contributed by atoms with Crippen LogP contribution in [0.4, 0.5) is 5.69 Å². The molecule has 0 unspecified atom stereocenters. The molecule has 0 aliphatic carbocycles. The predicted octanol–water partition coefficient (Wildman–Crippen LogP) is 3.34. The van der Waals surface area contributed by atoms with Gasteiger partial charge in [0.25, 0.3) is 0 Å². The average molecular weight is 227 g/mol. The Labute approximate surface area is 95.1 Å². The lowest BCUT2D eigenvalue weighted by atomic mass is 10.1. The molecule has 1 saturated heterocycles. The van der Waals surface area contributed by atoms with Crippen molar-refractivity contribution in [1.82, 2.24) is 0 Å². The smallest absolute Gasteiger partial charge is 0.152 e. The van der Waals surface area contributed by atoms with E-state index in [-0.39, 0.29) is 12.3 Å². The summed E-state index contributed by atoms with van der Waals surface area (Å²) in [6.07, 6.45) is 4.12. The molecule has 84 valence electrons. The van der Waals surface area contributed by atoms with E-state index in [1.54, 1.807) is 0 Å². The van der Waals surface area contributed by atoms with Crippen molar-refractivity contribution in [1.29, 1.82) is 0 Å². The zero-order valence-electron chi connectivity index (χ0n) is 8.67. The molecule has 2 rings (SSSR count). The topological polar surface area (TPSA) is 43.7 Å². The van der Waals surface area contributed by atoms with Gasteiger partial charge in [0.05, 0.1) is 0 Å². The lowest BCUT2D eigenvalue weighted by Crippen LogP contribution is -2.29. The second-order valence-electron chi connectivity index (χ2n) is 3.46. The van der Waals surface area contributed by atoms with E-state index in [4.69, 9.17) is 9.11 Å². The summed E-state index contributed by atoms with van der Waals surface area (Å²) in [6, 6.07) is 10.7. The molecule has 0 radical (unpaired) electrons. The van der Waals surface area contributed by atoms with Crippen molar-refractivity contribution in [2.75, 3.05) is 18.0 Å². The van der Waals surface area contributed by atoms with Crippen molar-refractivity contribution in [2.24, 2.45) is 0 Å². The van der Waals surface area contributed by atoms with Crippen molar-refractivity contribution in [3.63, 3.8) is 0 Å². The summed E-state index contributed by atoms with van der Waals surface area (Å²) in [7, 11) is 0. The van der Waals surface area contributed by atoms with Crippen LogP contribution in [0.15, 0.2) is 30.3 Å². The van der Waals surface area contributed by atoms with E-state index in [0.29, 0.717) is 0 Å². The zero-order chi connectivity index (χ0) is 10.9. The zero-order valence-corrected chi connectivity index (χ0v) is 9.49. The number of para-hydroxylation sites is 1. The van der Waals surface area contributed by atoms with E-state index in [9.17, 15) is 0 Å². The van der Waals surface area contributed by atoms with Gasteiger partial charge >= 0.3 is 0 Å². The maximum absolute atomic E-state index is 7.04. The van der Waals surface area contributed by atoms with Crippen molar-refractivity contribution >= 4 is 18.0 Å². The molecule has 2 N–H and O–H groups in total. The SMILES string of the molecule is OSO.c1ccc(N2CCCCC2)cc1. The minimum absolute atomic E-state index is 0.250. The van der Waals surface area contributed by atoms with E-state index in [2.05, 4.69) is 35.2 Å². The Bertz CT molecular complexity index is 250. The second kappa shape index (κ2) is 7.56. The third kappa shape index (κ3) is 4.55. The summed E-state index contributed by atoms with van der Waals surface area (Å²) < 4.78 is 14.1.